The molecule has 5 heteroatoms. The summed E-state index contributed by atoms with van der Waals surface area (Å²) < 4.78 is 12.5. The molecule has 4 nitrogen and oxygen atoms in total. The van der Waals surface area contributed by atoms with Gasteiger partial charge in [-0.2, -0.15) is 0 Å². The van der Waals surface area contributed by atoms with Crippen LogP contribution in [-0.2, 0) is 4.84 Å². The summed E-state index contributed by atoms with van der Waals surface area (Å²) in [6.45, 7) is 5.75. The van der Waals surface area contributed by atoms with Gasteiger partial charge in [0.15, 0.2) is 0 Å². The number of carbonyl (C=O) groups is 1. The van der Waals surface area contributed by atoms with Gasteiger partial charge in [-0.15, -0.1) is 5.06 Å². The molecule has 1 aliphatic rings. The van der Waals surface area contributed by atoms with Crippen molar-refractivity contribution < 1.29 is 14.0 Å². The van der Waals surface area contributed by atoms with Gasteiger partial charge in [-0.05, 0) is 32.5 Å². The van der Waals surface area contributed by atoms with E-state index in [2.05, 4.69) is 13.8 Å². The Morgan fingerprint density at radius 1 is 1.45 bits per heavy atom. The van der Waals surface area contributed by atoms with Crippen molar-refractivity contribution in [2.75, 3.05) is 33.4 Å². The number of halogens is 1. The minimum absolute atomic E-state index is 0.0130. The molecule has 1 aliphatic heterocycles. The van der Waals surface area contributed by atoms with Crippen LogP contribution in [0.15, 0.2) is 30.3 Å². The predicted octanol–water partition coefficient (Wildman–Crippen LogP) is 2.76. The fraction of sp³-hybridized carbons (Fsp3) is 0.588. The van der Waals surface area contributed by atoms with E-state index in [9.17, 15) is 9.18 Å². The zero-order chi connectivity index (χ0) is 16.2. The van der Waals surface area contributed by atoms with E-state index in [4.69, 9.17) is 4.84 Å². The number of hydrogen-bond donors (Lipinski definition) is 0. The third kappa shape index (κ3) is 3.84. The fourth-order valence-electron chi connectivity index (χ4n) is 2.96. The van der Waals surface area contributed by atoms with E-state index in [1.807, 2.05) is 30.1 Å². The van der Waals surface area contributed by atoms with E-state index in [1.54, 1.807) is 17.2 Å². The first-order valence-corrected chi connectivity index (χ1v) is 7.75. The van der Waals surface area contributed by atoms with E-state index in [0.29, 0.717) is 25.2 Å². The molecule has 0 N–H and O–H groups in total. The first-order chi connectivity index (χ1) is 10.5. The molecule has 0 aliphatic carbocycles. The standard InChI is InChI=1S/C17H25FN2O2/c1-14(19(3)12-10-18)17(2)9-11-20(13-17)22-16(21)15-7-5-4-6-8-15/h4-8,14H,9-13H2,1-3H3/t14?,17-/m1/s1. The minimum atomic E-state index is -0.344. The fourth-order valence-corrected chi connectivity index (χ4v) is 2.96. The van der Waals surface area contributed by atoms with Gasteiger partial charge in [0.25, 0.3) is 0 Å². The van der Waals surface area contributed by atoms with E-state index in [1.165, 1.54) is 0 Å². The second-order valence-corrected chi connectivity index (χ2v) is 6.36. The predicted molar refractivity (Wildman–Crippen MR) is 84.2 cm³/mol. The third-order valence-corrected chi connectivity index (χ3v) is 4.80. The molecule has 0 amide bonds. The van der Waals surface area contributed by atoms with Crippen LogP contribution < -0.4 is 0 Å². The Labute approximate surface area is 131 Å². The first-order valence-electron chi connectivity index (χ1n) is 7.75. The van der Waals surface area contributed by atoms with Crippen molar-refractivity contribution in [3.05, 3.63) is 35.9 Å². The maximum Gasteiger partial charge on any atom is 0.357 e. The molecule has 1 aromatic rings. The molecular weight excluding hydrogens is 283 g/mol. The topological polar surface area (TPSA) is 32.8 Å². The summed E-state index contributed by atoms with van der Waals surface area (Å²) in [5, 5.41) is 1.73. The average Bonchev–Trinajstić information content (AvgIpc) is 2.90. The molecule has 0 spiro atoms. The Kier molecular flexibility index (Phi) is 5.53. The van der Waals surface area contributed by atoms with E-state index < -0.39 is 0 Å². The van der Waals surface area contributed by atoms with Crippen LogP contribution in [0.2, 0.25) is 0 Å². The Morgan fingerprint density at radius 2 is 2.14 bits per heavy atom. The number of alkyl halides is 1. The third-order valence-electron chi connectivity index (χ3n) is 4.80. The molecule has 1 saturated heterocycles. The van der Waals surface area contributed by atoms with Crippen molar-refractivity contribution in [2.24, 2.45) is 5.41 Å². The maximum atomic E-state index is 12.5. The van der Waals surface area contributed by atoms with Crippen molar-refractivity contribution in [1.29, 1.82) is 0 Å². The van der Waals surface area contributed by atoms with Crippen LogP contribution in [0.1, 0.15) is 30.6 Å². The lowest BCUT2D eigenvalue weighted by Gasteiger charge is -2.37. The van der Waals surface area contributed by atoms with Gasteiger partial charge < -0.3 is 9.74 Å². The number of rotatable bonds is 6. The first kappa shape index (κ1) is 16.9. The molecule has 122 valence electrons. The summed E-state index contributed by atoms with van der Waals surface area (Å²) in [7, 11) is 1.94. The number of hydrogen-bond acceptors (Lipinski definition) is 4. The highest BCUT2D eigenvalue weighted by molar-refractivity contribution is 5.89. The van der Waals surface area contributed by atoms with Gasteiger partial charge in [0.05, 0.1) is 5.56 Å². The summed E-state index contributed by atoms with van der Waals surface area (Å²) in [5.41, 5.74) is 0.541. The molecule has 1 heterocycles. The second-order valence-electron chi connectivity index (χ2n) is 6.36. The van der Waals surface area contributed by atoms with Crippen LogP contribution in [0, 0.1) is 5.41 Å². The molecule has 0 radical (unpaired) electrons. The normalized spacial score (nSPS) is 23.7. The minimum Gasteiger partial charge on any atom is -0.364 e. The average molecular weight is 308 g/mol. The molecule has 2 rings (SSSR count). The number of hydroxylamine groups is 2. The molecule has 0 aromatic heterocycles. The molecular formula is C17H25FN2O2. The monoisotopic (exact) mass is 308 g/mol. The van der Waals surface area contributed by atoms with Gasteiger partial charge in [-0.25, -0.2) is 9.18 Å². The summed E-state index contributed by atoms with van der Waals surface area (Å²) in [5.74, 6) is -0.324. The zero-order valence-electron chi connectivity index (χ0n) is 13.6. The van der Waals surface area contributed by atoms with Crippen LogP contribution in [0.4, 0.5) is 4.39 Å². The van der Waals surface area contributed by atoms with Gasteiger partial charge in [0.2, 0.25) is 0 Å². The highest BCUT2D eigenvalue weighted by Gasteiger charge is 2.41. The molecule has 0 bridgehead atoms. The number of benzene rings is 1. The molecule has 2 atom stereocenters. The molecule has 22 heavy (non-hydrogen) atoms. The van der Waals surface area contributed by atoms with Gasteiger partial charge in [0, 0.05) is 31.1 Å². The van der Waals surface area contributed by atoms with Crippen molar-refractivity contribution >= 4 is 5.97 Å². The van der Waals surface area contributed by atoms with Crippen LogP contribution in [-0.4, -0.2) is 55.3 Å². The smallest absolute Gasteiger partial charge is 0.357 e. The van der Waals surface area contributed by atoms with Gasteiger partial charge in [0.1, 0.15) is 6.67 Å². The molecule has 1 fully saturated rings. The Morgan fingerprint density at radius 3 is 2.77 bits per heavy atom. The summed E-state index contributed by atoms with van der Waals surface area (Å²) >= 11 is 0. The van der Waals surface area contributed by atoms with Crippen molar-refractivity contribution in [3.8, 4) is 0 Å². The highest BCUT2D eigenvalue weighted by Crippen LogP contribution is 2.35. The Balaban J connectivity index is 1.93. The number of nitrogens with zero attached hydrogens (tertiary/aromatic N) is 2. The lowest BCUT2D eigenvalue weighted by molar-refractivity contribution is -0.102. The zero-order valence-corrected chi connectivity index (χ0v) is 13.6. The highest BCUT2D eigenvalue weighted by atomic mass is 19.1. The SMILES string of the molecule is CC(N(C)CCF)[C@]1(C)CCN(OC(=O)c2ccccc2)C1. The van der Waals surface area contributed by atoms with E-state index >= 15 is 0 Å². The molecule has 1 aromatic carbocycles. The van der Waals surface area contributed by atoms with Crippen LogP contribution in [0.5, 0.6) is 0 Å². The quantitative estimate of drug-likeness (QED) is 0.809. The van der Waals surface area contributed by atoms with Crippen LogP contribution in [0.25, 0.3) is 0 Å². The van der Waals surface area contributed by atoms with Crippen LogP contribution in [0.3, 0.4) is 0 Å². The lowest BCUT2D eigenvalue weighted by Crippen LogP contribution is -2.45. The van der Waals surface area contributed by atoms with Crippen molar-refractivity contribution in [1.82, 2.24) is 9.96 Å². The Hall–Kier alpha value is -1.46. The van der Waals surface area contributed by atoms with Gasteiger partial charge >= 0.3 is 5.97 Å². The van der Waals surface area contributed by atoms with E-state index in [-0.39, 0.29) is 24.1 Å². The molecule has 1 unspecified atom stereocenters. The van der Waals surface area contributed by atoms with Crippen molar-refractivity contribution in [2.45, 2.75) is 26.3 Å². The summed E-state index contributed by atoms with van der Waals surface area (Å²) in [6, 6.07) is 9.22. The number of carbonyl (C=O) groups excluding carboxylic acids is 1. The van der Waals surface area contributed by atoms with Crippen LogP contribution >= 0.6 is 0 Å². The summed E-state index contributed by atoms with van der Waals surface area (Å²) in [6.07, 6.45) is 0.923. The lowest BCUT2D eigenvalue weighted by atomic mass is 9.81. The van der Waals surface area contributed by atoms with Crippen molar-refractivity contribution in [3.63, 3.8) is 0 Å². The largest absolute Gasteiger partial charge is 0.364 e. The maximum absolute atomic E-state index is 12.5. The summed E-state index contributed by atoms with van der Waals surface area (Å²) in [4.78, 5) is 19.6. The van der Waals surface area contributed by atoms with Gasteiger partial charge in [-0.3, -0.25) is 0 Å². The second kappa shape index (κ2) is 7.20. The Bertz CT molecular complexity index is 497. The van der Waals surface area contributed by atoms with Gasteiger partial charge in [-0.1, -0.05) is 25.1 Å². The van der Waals surface area contributed by atoms with E-state index in [0.717, 1.165) is 6.42 Å². The molecule has 0 saturated carbocycles.